The van der Waals surface area contributed by atoms with E-state index in [4.69, 9.17) is 0 Å². The summed E-state index contributed by atoms with van der Waals surface area (Å²) in [6, 6.07) is 5.94. The van der Waals surface area contributed by atoms with Crippen LogP contribution in [0.4, 0.5) is 4.39 Å². The topological polar surface area (TPSA) is 0 Å². The van der Waals surface area contributed by atoms with Crippen LogP contribution >= 0.6 is 31.9 Å². The summed E-state index contributed by atoms with van der Waals surface area (Å²) in [4.78, 5) is 0. The van der Waals surface area contributed by atoms with Crippen molar-refractivity contribution in [3.63, 3.8) is 0 Å². The average molecular weight is 296 g/mol. The monoisotopic (exact) mass is 294 g/mol. The quantitative estimate of drug-likeness (QED) is 0.787. The van der Waals surface area contributed by atoms with Crippen molar-refractivity contribution in [2.75, 3.05) is 6.67 Å². The lowest BCUT2D eigenvalue weighted by atomic mass is 10.1. The van der Waals surface area contributed by atoms with Crippen LogP contribution in [0.25, 0.3) is 0 Å². The first-order valence-electron chi connectivity index (χ1n) is 3.74. The number of aryl methyl sites for hydroxylation is 1. The fourth-order valence-corrected chi connectivity index (χ4v) is 1.85. The highest BCUT2D eigenvalue weighted by Gasteiger charge is 1.99. The summed E-state index contributed by atoms with van der Waals surface area (Å²) in [7, 11) is 0. The molecule has 3 heteroatoms. The molecular weight excluding hydrogens is 287 g/mol. The van der Waals surface area contributed by atoms with Crippen molar-refractivity contribution in [2.24, 2.45) is 0 Å². The minimum Gasteiger partial charge on any atom is -0.251 e. The molecule has 0 bridgehead atoms. The van der Waals surface area contributed by atoms with Crippen LogP contribution in [-0.2, 0) is 6.42 Å². The Bertz CT molecular complexity index is 261. The van der Waals surface area contributed by atoms with Gasteiger partial charge >= 0.3 is 0 Å². The van der Waals surface area contributed by atoms with Gasteiger partial charge in [0, 0.05) is 8.95 Å². The molecule has 12 heavy (non-hydrogen) atoms. The lowest BCUT2D eigenvalue weighted by Crippen LogP contribution is -1.88. The fraction of sp³-hybridized carbons (Fsp3) is 0.333. The van der Waals surface area contributed by atoms with Crippen molar-refractivity contribution < 1.29 is 4.39 Å². The molecule has 0 atom stereocenters. The Hall–Kier alpha value is 0.110. The minimum absolute atomic E-state index is 0.251. The summed E-state index contributed by atoms with van der Waals surface area (Å²) in [5.74, 6) is 0. The van der Waals surface area contributed by atoms with Crippen LogP contribution < -0.4 is 0 Å². The zero-order valence-corrected chi connectivity index (χ0v) is 9.66. The zero-order valence-electron chi connectivity index (χ0n) is 6.49. The molecule has 66 valence electrons. The van der Waals surface area contributed by atoms with Gasteiger partial charge < -0.3 is 0 Å². The summed E-state index contributed by atoms with van der Waals surface area (Å²) < 4.78 is 14.0. The molecule has 0 saturated heterocycles. The SMILES string of the molecule is FCCCc1cc(Br)ccc1Br. The Morgan fingerprint density at radius 3 is 2.67 bits per heavy atom. The molecule has 0 heterocycles. The summed E-state index contributed by atoms with van der Waals surface area (Å²) in [5.41, 5.74) is 1.15. The lowest BCUT2D eigenvalue weighted by molar-refractivity contribution is 0.473. The van der Waals surface area contributed by atoms with Gasteiger partial charge in [-0.2, -0.15) is 0 Å². The van der Waals surface area contributed by atoms with E-state index >= 15 is 0 Å². The molecule has 0 aliphatic rings. The molecule has 0 saturated carbocycles. The van der Waals surface area contributed by atoms with Gasteiger partial charge in [-0.1, -0.05) is 31.9 Å². The normalized spacial score (nSPS) is 10.2. The van der Waals surface area contributed by atoms with Gasteiger partial charge in [0.05, 0.1) is 6.67 Å². The minimum atomic E-state index is -0.251. The third kappa shape index (κ3) is 2.87. The van der Waals surface area contributed by atoms with Crippen molar-refractivity contribution in [1.82, 2.24) is 0 Å². The van der Waals surface area contributed by atoms with E-state index in [1.54, 1.807) is 0 Å². The molecule has 0 aromatic heterocycles. The van der Waals surface area contributed by atoms with Crippen molar-refractivity contribution in [2.45, 2.75) is 12.8 Å². The number of rotatable bonds is 3. The van der Waals surface area contributed by atoms with Crippen LogP contribution in [0, 0.1) is 0 Å². The van der Waals surface area contributed by atoms with E-state index in [2.05, 4.69) is 31.9 Å². The van der Waals surface area contributed by atoms with Gasteiger partial charge in [0.2, 0.25) is 0 Å². The Morgan fingerprint density at radius 1 is 1.25 bits per heavy atom. The highest BCUT2D eigenvalue weighted by Crippen LogP contribution is 2.22. The molecule has 0 nitrogen and oxygen atoms in total. The maximum atomic E-state index is 11.9. The fourth-order valence-electron chi connectivity index (χ4n) is 0.992. The van der Waals surface area contributed by atoms with Gasteiger partial charge in [-0.25, -0.2) is 0 Å². The van der Waals surface area contributed by atoms with Crippen LogP contribution in [0.3, 0.4) is 0 Å². The summed E-state index contributed by atoms with van der Waals surface area (Å²) in [5, 5.41) is 0. The standard InChI is InChI=1S/C9H9Br2F/c10-8-3-4-9(11)7(6-8)2-1-5-12/h3-4,6H,1-2,5H2. The molecule has 0 spiro atoms. The van der Waals surface area contributed by atoms with E-state index in [1.807, 2.05) is 18.2 Å². The Labute approximate surface area is 88.4 Å². The molecule has 1 rings (SSSR count). The third-order valence-electron chi connectivity index (χ3n) is 1.59. The number of hydrogen-bond donors (Lipinski definition) is 0. The van der Waals surface area contributed by atoms with Crippen molar-refractivity contribution >= 4 is 31.9 Å². The molecule has 0 aliphatic heterocycles. The largest absolute Gasteiger partial charge is 0.251 e. The van der Waals surface area contributed by atoms with Crippen LogP contribution in [0.5, 0.6) is 0 Å². The predicted molar refractivity (Wildman–Crippen MR) is 56.1 cm³/mol. The molecule has 1 aromatic carbocycles. The van der Waals surface area contributed by atoms with E-state index in [0.717, 1.165) is 20.9 Å². The van der Waals surface area contributed by atoms with E-state index in [0.29, 0.717) is 6.42 Å². The average Bonchev–Trinajstić information content (AvgIpc) is 2.07. The molecule has 1 aromatic rings. The number of hydrogen-bond acceptors (Lipinski definition) is 0. The van der Waals surface area contributed by atoms with Gasteiger partial charge in [-0.05, 0) is 36.6 Å². The smallest absolute Gasteiger partial charge is 0.0897 e. The molecule has 0 radical (unpaired) electrons. The summed E-state index contributed by atoms with van der Waals surface area (Å²) in [6.07, 6.45) is 1.38. The van der Waals surface area contributed by atoms with Gasteiger partial charge in [-0.3, -0.25) is 4.39 Å². The van der Waals surface area contributed by atoms with Gasteiger partial charge in [0.15, 0.2) is 0 Å². The number of alkyl halides is 1. The van der Waals surface area contributed by atoms with Crippen LogP contribution in [0.15, 0.2) is 27.1 Å². The van der Waals surface area contributed by atoms with E-state index in [-0.39, 0.29) is 6.67 Å². The van der Waals surface area contributed by atoms with E-state index in [9.17, 15) is 4.39 Å². The molecule has 0 aliphatic carbocycles. The number of halogens is 3. The third-order valence-corrected chi connectivity index (χ3v) is 2.85. The predicted octanol–water partition coefficient (Wildman–Crippen LogP) is 4.11. The lowest BCUT2D eigenvalue weighted by Gasteiger charge is -2.02. The second-order valence-electron chi connectivity index (χ2n) is 2.53. The molecule has 0 unspecified atom stereocenters. The van der Waals surface area contributed by atoms with Crippen molar-refractivity contribution in [3.8, 4) is 0 Å². The maximum Gasteiger partial charge on any atom is 0.0897 e. The zero-order chi connectivity index (χ0) is 8.97. The maximum absolute atomic E-state index is 11.9. The molecule has 0 amide bonds. The van der Waals surface area contributed by atoms with Crippen molar-refractivity contribution in [1.29, 1.82) is 0 Å². The Morgan fingerprint density at radius 2 is 2.00 bits per heavy atom. The molecule has 0 N–H and O–H groups in total. The van der Waals surface area contributed by atoms with Gasteiger partial charge in [0.25, 0.3) is 0 Å². The molecular formula is C9H9Br2F. The first-order valence-corrected chi connectivity index (χ1v) is 5.32. The first-order chi connectivity index (χ1) is 5.74. The van der Waals surface area contributed by atoms with E-state index in [1.165, 1.54) is 0 Å². The van der Waals surface area contributed by atoms with Crippen LogP contribution in [0.2, 0.25) is 0 Å². The second-order valence-corrected chi connectivity index (χ2v) is 4.30. The highest BCUT2D eigenvalue weighted by molar-refractivity contribution is 9.11. The Balaban J connectivity index is 2.75. The van der Waals surface area contributed by atoms with Crippen LogP contribution in [-0.4, -0.2) is 6.67 Å². The highest BCUT2D eigenvalue weighted by atomic mass is 79.9. The second kappa shape index (κ2) is 4.97. The van der Waals surface area contributed by atoms with E-state index < -0.39 is 0 Å². The first kappa shape index (κ1) is 10.2. The number of benzene rings is 1. The Kier molecular flexibility index (Phi) is 4.22. The van der Waals surface area contributed by atoms with Crippen molar-refractivity contribution in [3.05, 3.63) is 32.7 Å². The van der Waals surface area contributed by atoms with Gasteiger partial charge in [0.1, 0.15) is 0 Å². The summed E-state index contributed by atoms with van der Waals surface area (Å²) >= 11 is 6.79. The van der Waals surface area contributed by atoms with Crippen LogP contribution in [0.1, 0.15) is 12.0 Å². The van der Waals surface area contributed by atoms with Gasteiger partial charge in [-0.15, -0.1) is 0 Å². The summed E-state index contributed by atoms with van der Waals surface area (Å²) in [6.45, 7) is -0.251. The molecule has 0 fully saturated rings.